The lowest BCUT2D eigenvalue weighted by Crippen LogP contribution is -2.65. The van der Waals surface area contributed by atoms with Crippen LogP contribution in [0.25, 0.3) is 43.1 Å². The molecule has 0 heterocycles. The second-order valence-corrected chi connectivity index (χ2v) is 36.1. The third-order valence-corrected chi connectivity index (χ3v) is 31.2. The fourth-order valence-electron chi connectivity index (χ4n) is 10.3. The van der Waals surface area contributed by atoms with E-state index < -0.39 is 95.8 Å². The van der Waals surface area contributed by atoms with E-state index in [9.17, 15) is 95.9 Å². The minimum atomic E-state index is -7.45. The van der Waals surface area contributed by atoms with Crippen LogP contribution in [0.2, 0.25) is 34.3 Å². The Labute approximate surface area is 465 Å². The van der Waals surface area contributed by atoms with Crippen molar-refractivity contribution < 1.29 is 95.9 Å². The van der Waals surface area contributed by atoms with Gasteiger partial charge in [-0.05, 0) is 114 Å². The highest BCUT2D eigenvalue weighted by Gasteiger charge is 2.87. The number of rotatable bonds is 20. The molecule has 0 saturated carbocycles. The first-order valence-electron chi connectivity index (χ1n) is 25.3. The molecule has 0 aromatic heterocycles. The summed E-state index contributed by atoms with van der Waals surface area (Å²) in [6.07, 6.45) is -15.3. The molecule has 0 spiro atoms. The van der Waals surface area contributed by atoms with Gasteiger partial charge < -0.3 is 0 Å². The van der Waals surface area contributed by atoms with E-state index >= 15 is 0 Å². The largest absolute Gasteiger partial charge is 0.460 e. The van der Waals surface area contributed by atoms with E-state index in [4.69, 9.17) is 0 Å². The third-order valence-electron chi connectivity index (χ3n) is 15.6. The number of hydrogen-bond donors (Lipinski definition) is 0. The summed E-state index contributed by atoms with van der Waals surface area (Å²) in [6.45, 7) is 12.4. The minimum absolute atomic E-state index is 0.0249. The van der Waals surface area contributed by atoms with E-state index in [2.05, 4.69) is 22.9 Å². The van der Waals surface area contributed by atoms with Gasteiger partial charge in [0.25, 0.3) is 20.0 Å². The van der Waals surface area contributed by atoms with E-state index in [1.54, 1.807) is 79.7 Å². The molecular weight excluding hydrogens is 1200 g/mol. The normalized spacial score (nSPS) is 14.6. The third kappa shape index (κ3) is 11.3. The summed E-state index contributed by atoms with van der Waals surface area (Å²) in [4.78, 5) is 0. The molecule has 0 aliphatic heterocycles. The maximum atomic E-state index is 14.9. The highest BCUT2D eigenvalue weighted by atomic mass is 32.2. The van der Waals surface area contributed by atoms with Crippen LogP contribution in [0, 0.1) is 22.9 Å². The summed E-state index contributed by atoms with van der Waals surface area (Å²) >= 11 is 0. The molecule has 0 fully saturated rings. The van der Waals surface area contributed by atoms with Crippen LogP contribution in [-0.2, 0) is 20.0 Å². The number of benzene rings is 5. The van der Waals surface area contributed by atoms with Crippen LogP contribution in [0.5, 0.6) is 0 Å². The summed E-state index contributed by atoms with van der Waals surface area (Å²) in [5, 5.41) is -8.77. The summed E-state index contributed by atoms with van der Waals surface area (Å²) in [7, 11) is -19.5. The molecule has 0 saturated heterocycles. The lowest BCUT2D eigenvalue weighted by molar-refractivity contribution is -0.382. The quantitative estimate of drug-likeness (QED) is 0.0337. The van der Waals surface area contributed by atoms with Crippen LogP contribution in [0.4, 0.5) is 79.0 Å². The van der Waals surface area contributed by atoms with Crippen LogP contribution >= 0.6 is 0 Å². The standard InChI is InChI=1S/C54H58F18N2O4S2Si2/c1-33(2)81(34(3)4,25-15-23-73(9)79(75,76)53(69,70)49(59,60)47(55,56)51(63,64)65)27-21-41-43-29-37-17-11-13-19-39(37)31-45(43)42(46-32-40-20-14-12-18-38(40)30-44(41)46)22-28-82(35(5)6,36(7)8)26-16-24-74(10)80(77,78)54(71,72)50(61,62)48(57,58)52(66,67)68/h11-14,17-20,29-36H,15-16,23-26H2,1-10H3. The number of alkyl halides is 18. The first kappa shape index (κ1) is 68.0. The molecule has 454 valence electrons. The van der Waals surface area contributed by atoms with Crippen molar-refractivity contribution >= 4 is 79.3 Å². The van der Waals surface area contributed by atoms with Gasteiger partial charge in [-0.25, -0.2) is 16.8 Å². The second-order valence-electron chi connectivity index (χ2n) is 21.6. The fourth-order valence-corrected chi connectivity index (χ4v) is 21.3. The average molecular weight is 1260 g/mol. The zero-order chi connectivity index (χ0) is 62.8. The summed E-state index contributed by atoms with van der Waals surface area (Å²) in [6, 6.07) is 21.8. The van der Waals surface area contributed by atoms with Gasteiger partial charge in [0.2, 0.25) is 0 Å². The van der Waals surface area contributed by atoms with Gasteiger partial charge >= 0.3 is 46.6 Å². The van der Waals surface area contributed by atoms with Crippen molar-refractivity contribution in [2.24, 2.45) is 0 Å². The van der Waals surface area contributed by atoms with Crippen molar-refractivity contribution in [1.29, 1.82) is 0 Å². The van der Waals surface area contributed by atoms with Crippen molar-refractivity contribution in [1.82, 2.24) is 8.61 Å². The van der Waals surface area contributed by atoms with Gasteiger partial charge in [-0.3, -0.25) is 0 Å². The SMILES string of the molecule is CC(C)[Si](C#Cc1c2cc3ccccc3cc2c(C#C[Si](CCCN(C)S(=O)(=O)C(F)(F)C(F)(F)C(F)(F)C(F)(F)F)(C(C)C)C(C)C)c2cc3ccccc3cc12)(CCCN(C)S(=O)(=O)C(F)(F)C(F)(F)C(F)(F)C(F)(F)F)C(C)C. The Morgan fingerprint density at radius 3 is 0.854 bits per heavy atom. The van der Waals surface area contributed by atoms with Gasteiger partial charge in [-0.1, -0.05) is 116 Å². The fraction of sp³-hybridized carbons (Fsp3) is 0.519. The zero-order valence-electron chi connectivity index (χ0n) is 45.6. The van der Waals surface area contributed by atoms with Gasteiger partial charge in [0.05, 0.1) is 0 Å². The molecule has 0 aliphatic rings. The molecule has 5 aromatic rings. The molecule has 6 nitrogen and oxygen atoms in total. The van der Waals surface area contributed by atoms with E-state index in [0.29, 0.717) is 46.8 Å². The van der Waals surface area contributed by atoms with Gasteiger partial charge in [0.15, 0.2) is 0 Å². The maximum absolute atomic E-state index is 14.9. The molecule has 82 heavy (non-hydrogen) atoms. The summed E-state index contributed by atoms with van der Waals surface area (Å²) < 4.78 is 300. The van der Waals surface area contributed by atoms with Crippen molar-refractivity contribution in [3.8, 4) is 22.9 Å². The summed E-state index contributed by atoms with van der Waals surface area (Å²) in [5.41, 5.74) is 6.62. The van der Waals surface area contributed by atoms with E-state index in [0.717, 1.165) is 21.5 Å². The Morgan fingerprint density at radius 2 is 0.646 bits per heavy atom. The Bertz CT molecular complexity index is 3220. The Morgan fingerprint density at radius 1 is 0.415 bits per heavy atom. The number of nitrogens with zero attached hydrogens (tertiary/aromatic N) is 2. The van der Waals surface area contributed by atoms with Crippen LogP contribution < -0.4 is 0 Å². The van der Waals surface area contributed by atoms with E-state index in [1.165, 1.54) is 0 Å². The maximum Gasteiger partial charge on any atom is 0.460 e. The lowest BCUT2D eigenvalue weighted by atomic mass is 9.89. The lowest BCUT2D eigenvalue weighted by Gasteiger charge is -2.36. The molecule has 5 rings (SSSR count). The minimum Gasteiger partial charge on any atom is -0.206 e. The van der Waals surface area contributed by atoms with Crippen LogP contribution in [0.3, 0.4) is 0 Å². The predicted octanol–water partition coefficient (Wildman–Crippen LogP) is 16.8. The second kappa shape index (κ2) is 22.9. The molecular formula is C54H58F18N2O4S2Si2. The van der Waals surface area contributed by atoms with Gasteiger partial charge in [0.1, 0.15) is 16.1 Å². The predicted molar refractivity (Wildman–Crippen MR) is 286 cm³/mol. The van der Waals surface area contributed by atoms with E-state index in [-0.39, 0.29) is 55.7 Å². The Hall–Kier alpha value is -4.75. The van der Waals surface area contributed by atoms with Gasteiger partial charge in [0, 0.05) is 38.3 Å². The molecule has 0 bridgehead atoms. The highest BCUT2D eigenvalue weighted by molar-refractivity contribution is 7.90. The molecule has 0 radical (unpaired) electrons. The van der Waals surface area contributed by atoms with Gasteiger partial charge in [-0.15, -0.1) is 11.1 Å². The number of sulfonamides is 2. The summed E-state index contributed by atoms with van der Waals surface area (Å²) in [5.74, 6) is -22.9. The van der Waals surface area contributed by atoms with Crippen molar-refractivity contribution in [2.45, 2.75) is 149 Å². The van der Waals surface area contributed by atoms with E-state index in [1.807, 2.05) is 48.5 Å². The van der Waals surface area contributed by atoms with Crippen LogP contribution in [-0.4, -0.2) is 115 Å². The first-order valence-corrected chi connectivity index (χ1v) is 32.9. The zero-order valence-corrected chi connectivity index (χ0v) is 49.3. The molecule has 28 heteroatoms. The van der Waals surface area contributed by atoms with Crippen LogP contribution in [0.1, 0.15) is 79.4 Å². The topological polar surface area (TPSA) is 74.8 Å². The smallest absolute Gasteiger partial charge is 0.206 e. The number of hydrogen-bond acceptors (Lipinski definition) is 4. The molecule has 5 aromatic carbocycles. The number of halogens is 18. The monoisotopic (exact) mass is 1260 g/mol. The van der Waals surface area contributed by atoms with Crippen molar-refractivity contribution in [2.75, 3.05) is 27.2 Å². The van der Waals surface area contributed by atoms with Gasteiger partial charge in [-0.2, -0.15) is 87.6 Å². The molecule has 0 N–H and O–H groups in total. The van der Waals surface area contributed by atoms with Crippen molar-refractivity contribution in [3.63, 3.8) is 0 Å². The Balaban J connectivity index is 1.69. The Kier molecular flexibility index (Phi) is 19.0. The molecule has 0 unspecified atom stereocenters. The highest BCUT2D eigenvalue weighted by Crippen LogP contribution is 2.57. The molecule has 0 aliphatic carbocycles. The van der Waals surface area contributed by atoms with Crippen molar-refractivity contribution in [3.05, 3.63) is 83.9 Å². The molecule has 0 amide bonds. The average Bonchev–Trinajstić information content (AvgIpc) is 1.71. The van der Waals surface area contributed by atoms with Crippen LogP contribution in [0.15, 0.2) is 72.8 Å². The first-order chi connectivity index (χ1) is 37.1. The number of fused-ring (bicyclic) bond motifs is 4. The molecule has 0 atom stereocenters.